The van der Waals surface area contributed by atoms with E-state index >= 15 is 0 Å². The van der Waals surface area contributed by atoms with Crippen molar-refractivity contribution in [2.24, 2.45) is 5.92 Å². The fourth-order valence-corrected chi connectivity index (χ4v) is 5.47. The fraction of sp³-hybridized carbons (Fsp3) is 0.208. The number of amides is 1. The topological polar surface area (TPSA) is 62.3 Å². The van der Waals surface area contributed by atoms with E-state index in [-0.39, 0.29) is 23.4 Å². The van der Waals surface area contributed by atoms with Gasteiger partial charge >= 0.3 is 0 Å². The number of likely N-dealkylation sites (tertiary alicyclic amines) is 1. The van der Waals surface area contributed by atoms with E-state index in [9.17, 15) is 14.0 Å². The monoisotopic (exact) mass is 479 g/mol. The molecule has 0 bridgehead atoms. The summed E-state index contributed by atoms with van der Waals surface area (Å²) in [7, 11) is 1.86. The normalized spacial score (nSPS) is 24.9. The van der Waals surface area contributed by atoms with Crippen molar-refractivity contribution < 1.29 is 14.0 Å². The molecule has 2 aromatic carbocycles. The van der Waals surface area contributed by atoms with Gasteiger partial charge in [-0.1, -0.05) is 28.1 Å². The van der Waals surface area contributed by atoms with Crippen LogP contribution in [0.15, 0.2) is 71.5 Å². The first-order chi connectivity index (χ1) is 14.9. The minimum Gasteiger partial charge on any atom is -0.324 e. The number of anilines is 1. The number of pyridine rings is 1. The van der Waals surface area contributed by atoms with E-state index < -0.39 is 11.5 Å². The van der Waals surface area contributed by atoms with Gasteiger partial charge < -0.3 is 5.32 Å². The second-order valence-electron chi connectivity index (χ2n) is 8.03. The minimum atomic E-state index is -1.18. The zero-order valence-corrected chi connectivity index (χ0v) is 18.3. The summed E-state index contributed by atoms with van der Waals surface area (Å²) < 4.78 is 14.4. The fourth-order valence-electron chi connectivity index (χ4n) is 5.11. The Kier molecular flexibility index (Phi) is 4.75. The molecule has 3 atom stereocenters. The predicted molar refractivity (Wildman–Crippen MR) is 118 cm³/mol. The van der Waals surface area contributed by atoms with E-state index in [1.54, 1.807) is 30.5 Å². The molecule has 2 aliphatic rings. The quantitative estimate of drug-likeness (QED) is 0.566. The standard InChI is InChI=1S/C24H19BrFN3O2/c1-29-13-18(14-4-7-17(26)8-5-14)21(22(30)15-3-2-10-27-12-15)24(29)19-11-16(25)6-9-20(19)28-23(24)31/h2-12,18,21H,13H2,1H3,(H,28,31)/t18-,21+,24-/m1/s1. The minimum absolute atomic E-state index is 0.158. The molecule has 1 amide bonds. The van der Waals surface area contributed by atoms with Gasteiger partial charge in [0.2, 0.25) is 5.91 Å². The summed E-state index contributed by atoms with van der Waals surface area (Å²) in [5, 5.41) is 2.98. The van der Waals surface area contributed by atoms with Crippen LogP contribution >= 0.6 is 15.9 Å². The molecule has 1 saturated heterocycles. The summed E-state index contributed by atoms with van der Waals surface area (Å²) in [6, 6.07) is 15.2. The van der Waals surface area contributed by atoms with Crippen LogP contribution in [-0.4, -0.2) is 35.2 Å². The van der Waals surface area contributed by atoms with Gasteiger partial charge in [-0.3, -0.25) is 19.5 Å². The highest BCUT2D eigenvalue weighted by Crippen LogP contribution is 2.55. The van der Waals surface area contributed by atoms with Crippen molar-refractivity contribution >= 4 is 33.3 Å². The van der Waals surface area contributed by atoms with Gasteiger partial charge in [0.15, 0.2) is 5.78 Å². The highest BCUT2D eigenvalue weighted by molar-refractivity contribution is 9.10. The molecule has 3 aromatic rings. The zero-order chi connectivity index (χ0) is 21.8. The Balaban J connectivity index is 1.74. The summed E-state index contributed by atoms with van der Waals surface area (Å²) in [5.74, 6) is -1.73. The van der Waals surface area contributed by atoms with Crippen LogP contribution in [0.25, 0.3) is 0 Å². The SMILES string of the molecule is CN1C[C@H](c2ccc(F)cc2)[C@@H](C(=O)c2cccnc2)[C@]12C(=O)Nc1ccc(Br)cc12. The Morgan fingerprint density at radius 2 is 2.00 bits per heavy atom. The Morgan fingerprint density at radius 1 is 1.23 bits per heavy atom. The zero-order valence-electron chi connectivity index (χ0n) is 16.7. The van der Waals surface area contributed by atoms with E-state index in [0.29, 0.717) is 17.8 Å². The van der Waals surface area contributed by atoms with Gasteiger partial charge in [-0.15, -0.1) is 0 Å². The first-order valence-electron chi connectivity index (χ1n) is 9.95. The molecule has 5 nitrogen and oxygen atoms in total. The maximum absolute atomic E-state index is 13.9. The number of hydrogen-bond acceptors (Lipinski definition) is 4. The molecule has 7 heteroatoms. The molecular weight excluding hydrogens is 461 g/mol. The van der Waals surface area contributed by atoms with Crippen molar-refractivity contribution in [3.8, 4) is 0 Å². The lowest BCUT2D eigenvalue weighted by Gasteiger charge is -2.35. The lowest BCUT2D eigenvalue weighted by molar-refractivity contribution is -0.126. The van der Waals surface area contributed by atoms with Gasteiger partial charge in [-0.25, -0.2) is 4.39 Å². The van der Waals surface area contributed by atoms with Crippen molar-refractivity contribution in [3.63, 3.8) is 0 Å². The van der Waals surface area contributed by atoms with Crippen molar-refractivity contribution in [1.82, 2.24) is 9.88 Å². The molecule has 1 aromatic heterocycles. The molecule has 0 aliphatic carbocycles. The van der Waals surface area contributed by atoms with E-state index in [2.05, 4.69) is 26.2 Å². The summed E-state index contributed by atoms with van der Waals surface area (Å²) in [6.45, 7) is 0.474. The lowest BCUT2D eigenvalue weighted by Crippen LogP contribution is -2.51. The molecule has 156 valence electrons. The van der Waals surface area contributed by atoms with E-state index in [4.69, 9.17) is 0 Å². The predicted octanol–water partition coefficient (Wildman–Crippen LogP) is 4.36. The van der Waals surface area contributed by atoms with Crippen LogP contribution in [0.1, 0.15) is 27.4 Å². The van der Waals surface area contributed by atoms with Gasteiger partial charge in [0.25, 0.3) is 0 Å². The molecule has 5 rings (SSSR count). The van der Waals surface area contributed by atoms with Crippen LogP contribution in [0, 0.1) is 11.7 Å². The number of likely N-dealkylation sites (N-methyl/N-ethyl adjacent to an activating group) is 1. The molecule has 0 radical (unpaired) electrons. The number of nitrogens with one attached hydrogen (secondary N) is 1. The summed E-state index contributed by atoms with van der Waals surface area (Å²) >= 11 is 3.51. The number of benzene rings is 2. The van der Waals surface area contributed by atoms with E-state index in [1.807, 2.05) is 30.1 Å². The second kappa shape index (κ2) is 7.35. The molecule has 1 N–H and O–H groups in total. The van der Waals surface area contributed by atoms with Crippen LogP contribution in [-0.2, 0) is 10.3 Å². The van der Waals surface area contributed by atoms with Crippen LogP contribution in [0.4, 0.5) is 10.1 Å². The number of hydrogen-bond donors (Lipinski definition) is 1. The number of halogens is 2. The molecule has 1 spiro atoms. The Bertz CT molecular complexity index is 1190. The number of rotatable bonds is 3. The number of Topliss-reactive ketones (excluding diaryl/α,β-unsaturated/α-hetero) is 1. The number of carbonyl (C=O) groups excluding carboxylic acids is 2. The highest BCUT2D eigenvalue weighted by atomic mass is 79.9. The van der Waals surface area contributed by atoms with Gasteiger partial charge in [-0.2, -0.15) is 0 Å². The molecule has 2 aliphatic heterocycles. The summed E-state index contributed by atoms with van der Waals surface area (Å²) in [6.07, 6.45) is 3.14. The lowest BCUT2D eigenvalue weighted by atomic mass is 9.70. The van der Waals surface area contributed by atoms with Crippen LogP contribution in [0.5, 0.6) is 0 Å². The van der Waals surface area contributed by atoms with Crippen molar-refractivity contribution in [2.75, 3.05) is 18.9 Å². The third-order valence-electron chi connectivity index (χ3n) is 6.44. The highest BCUT2D eigenvalue weighted by Gasteiger charge is 2.64. The average Bonchev–Trinajstić information content (AvgIpc) is 3.24. The molecule has 3 heterocycles. The first kappa shape index (κ1) is 20.0. The van der Waals surface area contributed by atoms with Crippen molar-refractivity contribution in [1.29, 1.82) is 0 Å². The van der Waals surface area contributed by atoms with Gasteiger partial charge in [0.1, 0.15) is 11.4 Å². The van der Waals surface area contributed by atoms with E-state index in [1.165, 1.54) is 18.3 Å². The van der Waals surface area contributed by atoms with Crippen LogP contribution in [0.3, 0.4) is 0 Å². The Labute approximate surface area is 187 Å². The smallest absolute Gasteiger partial charge is 0.250 e. The molecule has 0 saturated carbocycles. The van der Waals surface area contributed by atoms with Crippen LogP contribution < -0.4 is 5.32 Å². The number of ketones is 1. The number of fused-ring (bicyclic) bond motifs is 2. The molecule has 1 fully saturated rings. The Hall–Kier alpha value is -2.90. The summed E-state index contributed by atoms with van der Waals surface area (Å²) in [4.78, 5) is 33.5. The maximum atomic E-state index is 13.9. The Morgan fingerprint density at radius 3 is 2.71 bits per heavy atom. The molecule has 0 unspecified atom stereocenters. The summed E-state index contributed by atoms with van der Waals surface area (Å²) in [5.41, 5.74) is 1.56. The third-order valence-corrected chi connectivity index (χ3v) is 6.93. The van der Waals surface area contributed by atoms with Gasteiger partial charge in [0, 0.05) is 46.1 Å². The number of nitrogens with zero attached hydrogens (tertiary/aromatic N) is 2. The van der Waals surface area contributed by atoms with Gasteiger partial charge in [-0.05, 0) is 55.1 Å². The first-order valence-corrected chi connectivity index (χ1v) is 10.7. The van der Waals surface area contributed by atoms with Crippen molar-refractivity contribution in [2.45, 2.75) is 11.5 Å². The van der Waals surface area contributed by atoms with Crippen molar-refractivity contribution in [3.05, 3.63) is 94.0 Å². The average molecular weight is 480 g/mol. The molecule has 31 heavy (non-hydrogen) atoms. The van der Waals surface area contributed by atoms with Gasteiger partial charge in [0.05, 0.1) is 5.92 Å². The third kappa shape index (κ3) is 2.95. The number of aromatic nitrogens is 1. The van der Waals surface area contributed by atoms with Crippen LogP contribution in [0.2, 0.25) is 0 Å². The largest absolute Gasteiger partial charge is 0.324 e. The molecular formula is C24H19BrFN3O2. The second-order valence-corrected chi connectivity index (χ2v) is 8.95. The number of carbonyl (C=O) groups is 2. The maximum Gasteiger partial charge on any atom is 0.250 e. The van der Waals surface area contributed by atoms with E-state index in [0.717, 1.165) is 15.6 Å².